The van der Waals surface area contributed by atoms with Gasteiger partial charge in [-0.25, -0.2) is 0 Å². The van der Waals surface area contributed by atoms with Gasteiger partial charge in [-0.05, 0) is 38.5 Å². The first-order chi connectivity index (χ1) is 10.3. The number of anilines is 2. The Kier molecular flexibility index (Phi) is 5.43. The first kappa shape index (κ1) is 15.2. The Morgan fingerprint density at radius 2 is 1.71 bits per heavy atom. The van der Waals surface area contributed by atoms with Crippen LogP contribution in [0.1, 0.15) is 32.2 Å². The van der Waals surface area contributed by atoms with Crippen LogP contribution in [0.15, 0.2) is 24.5 Å². The van der Waals surface area contributed by atoms with Crippen molar-refractivity contribution in [2.75, 3.05) is 29.9 Å². The number of pyridine rings is 1. The van der Waals surface area contributed by atoms with Crippen LogP contribution in [0.2, 0.25) is 0 Å². The number of rotatable bonds is 7. The molecule has 2 aromatic rings. The van der Waals surface area contributed by atoms with Crippen molar-refractivity contribution in [2.24, 2.45) is 0 Å². The fraction of sp³-hybridized carbons (Fsp3) is 0.467. The van der Waals surface area contributed by atoms with Gasteiger partial charge >= 0.3 is 0 Å². The summed E-state index contributed by atoms with van der Waals surface area (Å²) in [5.74, 6) is 2.14. The van der Waals surface area contributed by atoms with Gasteiger partial charge in [0.15, 0.2) is 0 Å². The van der Waals surface area contributed by atoms with Gasteiger partial charge in [0.05, 0.1) is 0 Å². The zero-order chi connectivity index (χ0) is 15.1. The Labute approximate surface area is 125 Å². The highest BCUT2D eigenvalue weighted by molar-refractivity contribution is 5.37. The van der Waals surface area contributed by atoms with E-state index in [2.05, 4.69) is 44.0 Å². The number of aromatic nitrogens is 4. The Morgan fingerprint density at radius 1 is 1.00 bits per heavy atom. The monoisotopic (exact) mass is 286 g/mol. The van der Waals surface area contributed by atoms with Gasteiger partial charge in [-0.1, -0.05) is 0 Å². The number of hydrogen-bond donors (Lipinski definition) is 1. The van der Waals surface area contributed by atoms with E-state index in [-0.39, 0.29) is 0 Å². The minimum Gasteiger partial charge on any atom is -0.354 e. The molecule has 6 heteroatoms. The van der Waals surface area contributed by atoms with Crippen LogP contribution >= 0.6 is 0 Å². The predicted molar refractivity (Wildman–Crippen MR) is 84.6 cm³/mol. The van der Waals surface area contributed by atoms with E-state index in [4.69, 9.17) is 0 Å². The van der Waals surface area contributed by atoms with Crippen molar-refractivity contribution in [3.8, 4) is 0 Å². The van der Waals surface area contributed by atoms with E-state index in [0.717, 1.165) is 37.0 Å². The van der Waals surface area contributed by atoms with Gasteiger partial charge in [-0.15, -0.1) is 0 Å². The highest BCUT2D eigenvalue weighted by Crippen LogP contribution is 2.13. The lowest BCUT2D eigenvalue weighted by Crippen LogP contribution is -2.25. The normalized spacial score (nSPS) is 10.4. The van der Waals surface area contributed by atoms with E-state index in [1.807, 2.05) is 19.1 Å². The molecule has 2 heterocycles. The maximum absolute atomic E-state index is 4.60. The number of nitrogens with zero attached hydrogens (tertiary/aromatic N) is 5. The van der Waals surface area contributed by atoms with E-state index in [1.165, 1.54) is 0 Å². The molecule has 1 N–H and O–H groups in total. The first-order valence-corrected chi connectivity index (χ1v) is 7.39. The number of nitrogens with one attached hydrogen (secondary N) is 1. The summed E-state index contributed by atoms with van der Waals surface area (Å²) in [5, 5.41) is 3.18. The topological polar surface area (TPSA) is 66.8 Å². The van der Waals surface area contributed by atoms with Gasteiger partial charge in [-0.3, -0.25) is 4.98 Å². The van der Waals surface area contributed by atoms with Crippen LogP contribution in [0.4, 0.5) is 11.9 Å². The third-order valence-corrected chi connectivity index (χ3v) is 3.16. The fourth-order valence-corrected chi connectivity index (χ4v) is 2.05. The standard InChI is InChI=1S/C15H22N6/c1-4-17-14-18-13(11-12-7-9-16-10-8-12)19-15(20-14)21(5-2)6-3/h7-10H,4-6,11H2,1-3H3,(H,17,18,19,20). The van der Waals surface area contributed by atoms with Crippen LogP contribution < -0.4 is 10.2 Å². The molecular formula is C15H22N6. The molecule has 0 fully saturated rings. The van der Waals surface area contributed by atoms with Crippen molar-refractivity contribution in [3.05, 3.63) is 35.9 Å². The molecule has 0 spiro atoms. The van der Waals surface area contributed by atoms with Crippen LogP contribution in [-0.2, 0) is 6.42 Å². The Morgan fingerprint density at radius 3 is 2.33 bits per heavy atom. The zero-order valence-corrected chi connectivity index (χ0v) is 12.9. The summed E-state index contributed by atoms with van der Waals surface area (Å²) in [6, 6.07) is 3.96. The second-order valence-electron chi connectivity index (χ2n) is 4.61. The molecule has 0 radical (unpaired) electrons. The maximum Gasteiger partial charge on any atom is 0.230 e. The summed E-state index contributed by atoms with van der Waals surface area (Å²) >= 11 is 0. The summed E-state index contributed by atoms with van der Waals surface area (Å²) < 4.78 is 0. The summed E-state index contributed by atoms with van der Waals surface area (Å²) in [6.45, 7) is 8.77. The van der Waals surface area contributed by atoms with E-state index < -0.39 is 0 Å². The van der Waals surface area contributed by atoms with Crippen molar-refractivity contribution >= 4 is 11.9 Å². The fourth-order valence-electron chi connectivity index (χ4n) is 2.05. The molecule has 112 valence electrons. The molecule has 0 saturated heterocycles. The molecule has 2 rings (SSSR count). The number of hydrogen-bond acceptors (Lipinski definition) is 6. The second-order valence-corrected chi connectivity index (χ2v) is 4.61. The van der Waals surface area contributed by atoms with E-state index >= 15 is 0 Å². The molecule has 0 unspecified atom stereocenters. The average Bonchev–Trinajstić information content (AvgIpc) is 2.50. The molecule has 6 nitrogen and oxygen atoms in total. The quantitative estimate of drug-likeness (QED) is 0.841. The van der Waals surface area contributed by atoms with Gasteiger partial charge in [0, 0.05) is 38.4 Å². The minimum atomic E-state index is 0.637. The van der Waals surface area contributed by atoms with Crippen molar-refractivity contribution in [1.29, 1.82) is 0 Å². The molecule has 0 saturated carbocycles. The predicted octanol–water partition coefficient (Wildman–Crippen LogP) is 2.14. The molecule has 2 aromatic heterocycles. The van der Waals surface area contributed by atoms with Crippen LogP contribution in [0.25, 0.3) is 0 Å². The van der Waals surface area contributed by atoms with Gasteiger partial charge < -0.3 is 10.2 Å². The molecule has 0 aromatic carbocycles. The third-order valence-electron chi connectivity index (χ3n) is 3.16. The molecule has 0 aliphatic carbocycles. The summed E-state index contributed by atoms with van der Waals surface area (Å²) in [4.78, 5) is 19.7. The smallest absolute Gasteiger partial charge is 0.230 e. The van der Waals surface area contributed by atoms with E-state index in [1.54, 1.807) is 12.4 Å². The summed E-state index contributed by atoms with van der Waals surface area (Å²) in [6.07, 6.45) is 4.25. The Bertz CT molecular complexity index is 553. The van der Waals surface area contributed by atoms with Crippen molar-refractivity contribution in [3.63, 3.8) is 0 Å². The molecule has 0 bridgehead atoms. The molecule has 0 amide bonds. The lowest BCUT2D eigenvalue weighted by atomic mass is 10.2. The molecule has 0 aliphatic rings. The maximum atomic E-state index is 4.60. The molecule has 21 heavy (non-hydrogen) atoms. The Hall–Kier alpha value is -2.24. The zero-order valence-electron chi connectivity index (χ0n) is 12.9. The van der Waals surface area contributed by atoms with E-state index in [9.17, 15) is 0 Å². The third kappa shape index (κ3) is 4.11. The SMILES string of the molecule is CCNc1nc(Cc2ccncc2)nc(N(CC)CC)n1. The average molecular weight is 286 g/mol. The van der Waals surface area contributed by atoms with Crippen LogP contribution in [0.5, 0.6) is 0 Å². The van der Waals surface area contributed by atoms with Gasteiger partial charge in [0.1, 0.15) is 5.82 Å². The first-order valence-electron chi connectivity index (χ1n) is 7.39. The van der Waals surface area contributed by atoms with Crippen LogP contribution in [-0.4, -0.2) is 39.6 Å². The van der Waals surface area contributed by atoms with Gasteiger partial charge in [-0.2, -0.15) is 15.0 Å². The second kappa shape index (κ2) is 7.52. The van der Waals surface area contributed by atoms with Gasteiger partial charge in [0.25, 0.3) is 0 Å². The molecular weight excluding hydrogens is 264 g/mol. The molecule has 0 aliphatic heterocycles. The van der Waals surface area contributed by atoms with Gasteiger partial charge in [0.2, 0.25) is 11.9 Å². The summed E-state index contributed by atoms with van der Waals surface area (Å²) in [7, 11) is 0. The largest absolute Gasteiger partial charge is 0.354 e. The highest BCUT2D eigenvalue weighted by Gasteiger charge is 2.11. The van der Waals surface area contributed by atoms with Crippen LogP contribution in [0.3, 0.4) is 0 Å². The molecule has 0 atom stereocenters. The lowest BCUT2D eigenvalue weighted by molar-refractivity contribution is 0.793. The van der Waals surface area contributed by atoms with E-state index in [0.29, 0.717) is 12.4 Å². The van der Waals surface area contributed by atoms with Crippen LogP contribution in [0, 0.1) is 0 Å². The van der Waals surface area contributed by atoms with Crippen molar-refractivity contribution in [1.82, 2.24) is 19.9 Å². The van der Waals surface area contributed by atoms with Crippen molar-refractivity contribution in [2.45, 2.75) is 27.2 Å². The summed E-state index contributed by atoms with van der Waals surface area (Å²) in [5.41, 5.74) is 1.14. The minimum absolute atomic E-state index is 0.637. The Balaban J connectivity index is 2.30. The highest BCUT2D eigenvalue weighted by atomic mass is 15.3. The lowest BCUT2D eigenvalue weighted by Gasteiger charge is -2.19. The van der Waals surface area contributed by atoms with Crippen molar-refractivity contribution < 1.29 is 0 Å².